The van der Waals surface area contributed by atoms with E-state index in [9.17, 15) is 0 Å². The van der Waals surface area contributed by atoms with Crippen molar-refractivity contribution in [3.8, 4) is 0 Å². The Bertz CT molecular complexity index is 344. The fourth-order valence-electron chi connectivity index (χ4n) is 0.875. The topological polar surface area (TPSA) is 50.9 Å². The van der Waals surface area contributed by atoms with E-state index in [1.165, 1.54) is 11.3 Å². The molecule has 0 atom stereocenters. The first kappa shape index (κ1) is 6.87. The molecule has 2 aromatic heterocycles. The minimum atomic E-state index is 0.647. The molecule has 2 rings (SSSR count). The van der Waals surface area contributed by atoms with E-state index < -0.39 is 0 Å². The first-order valence-corrected chi connectivity index (χ1v) is 4.76. The van der Waals surface area contributed by atoms with E-state index in [1.807, 2.05) is 7.05 Å². The molecule has 0 amide bonds. The summed E-state index contributed by atoms with van der Waals surface area (Å²) in [6.45, 7) is 0. The van der Waals surface area contributed by atoms with Crippen molar-refractivity contribution >= 4 is 42.3 Å². The number of nitrogens with zero attached hydrogens (tertiary/aromatic N) is 1. The van der Waals surface area contributed by atoms with Crippen LogP contribution in [0.2, 0.25) is 0 Å². The lowest BCUT2D eigenvalue weighted by Gasteiger charge is -1.87. The van der Waals surface area contributed by atoms with Gasteiger partial charge in [0.1, 0.15) is 4.83 Å². The number of nitrogen functional groups attached to an aromatic ring is 1. The van der Waals surface area contributed by atoms with Crippen LogP contribution in [0.5, 0.6) is 0 Å². The highest BCUT2D eigenvalue weighted by molar-refractivity contribution is 7.30. The molecule has 58 valence electrons. The van der Waals surface area contributed by atoms with Gasteiger partial charge in [0.15, 0.2) is 5.13 Å². The number of thiophene rings is 1. The lowest BCUT2D eigenvalue weighted by atomic mass is 10.6. The molecule has 11 heavy (non-hydrogen) atoms. The van der Waals surface area contributed by atoms with Crippen molar-refractivity contribution < 1.29 is 0 Å². The smallest absolute Gasteiger partial charge is 0.181 e. The highest BCUT2D eigenvalue weighted by Crippen LogP contribution is 2.33. The second kappa shape index (κ2) is 2.35. The number of rotatable bonds is 1. The fourth-order valence-corrected chi connectivity index (χ4v) is 2.72. The van der Waals surface area contributed by atoms with Crippen LogP contribution < -0.4 is 11.1 Å². The monoisotopic (exact) mass is 185 g/mol. The summed E-state index contributed by atoms with van der Waals surface area (Å²) in [5, 5.41) is 4.85. The highest BCUT2D eigenvalue weighted by Gasteiger charge is 2.04. The normalized spacial score (nSPS) is 10.6. The zero-order valence-electron chi connectivity index (χ0n) is 5.92. The van der Waals surface area contributed by atoms with Gasteiger partial charge in [-0.1, -0.05) is 22.7 Å². The van der Waals surface area contributed by atoms with Gasteiger partial charge in [-0.25, -0.2) is 4.98 Å². The van der Waals surface area contributed by atoms with Crippen LogP contribution in [-0.4, -0.2) is 12.0 Å². The van der Waals surface area contributed by atoms with Gasteiger partial charge in [0.25, 0.3) is 0 Å². The first-order chi connectivity index (χ1) is 5.29. The Labute approximate surface area is 71.9 Å². The highest BCUT2D eigenvalue weighted by atomic mass is 32.1. The molecule has 0 aliphatic heterocycles. The predicted octanol–water partition coefficient (Wildman–Crippen LogP) is 1.98. The Balaban J connectivity index is 2.64. The van der Waals surface area contributed by atoms with E-state index in [4.69, 9.17) is 5.73 Å². The van der Waals surface area contributed by atoms with Crippen LogP contribution in [-0.2, 0) is 0 Å². The summed E-state index contributed by atoms with van der Waals surface area (Å²) in [6, 6.07) is 2.06. The third kappa shape index (κ3) is 1.06. The summed E-state index contributed by atoms with van der Waals surface area (Å²) >= 11 is 3.15. The van der Waals surface area contributed by atoms with Crippen LogP contribution in [0.3, 0.4) is 0 Å². The lowest BCUT2D eigenvalue weighted by molar-refractivity contribution is 1.53. The van der Waals surface area contributed by atoms with Crippen molar-refractivity contribution in [3.05, 3.63) is 6.07 Å². The maximum atomic E-state index is 5.52. The van der Waals surface area contributed by atoms with Crippen molar-refractivity contribution in [2.45, 2.75) is 0 Å². The quantitative estimate of drug-likeness (QED) is 0.714. The zero-order valence-corrected chi connectivity index (χ0v) is 7.55. The largest absolute Gasteiger partial charge is 0.380 e. The van der Waals surface area contributed by atoms with Crippen LogP contribution in [0.4, 0.5) is 10.1 Å². The molecule has 0 unspecified atom stereocenters. The average molecular weight is 185 g/mol. The molecule has 0 fully saturated rings. The van der Waals surface area contributed by atoms with E-state index in [0.717, 1.165) is 14.5 Å². The predicted molar refractivity (Wildman–Crippen MR) is 51.5 cm³/mol. The third-order valence-corrected chi connectivity index (χ3v) is 3.36. The summed E-state index contributed by atoms with van der Waals surface area (Å²) in [4.78, 5) is 5.18. The number of aromatic nitrogens is 1. The number of nitrogens with one attached hydrogen (secondary N) is 1. The Morgan fingerprint density at radius 3 is 3.00 bits per heavy atom. The van der Waals surface area contributed by atoms with Gasteiger partial charge in [-0.15, -0.1) is 0 Å². The molecule has 0 aromatic carbocycles. The molecule has 5 heteroatoms. The van der Waals surface area contributed by atoms with Gasteiger partial charge in [0.2, 0.25) is 0 Å². The molecule has 2 aromatic rings. The summed E-state index contributed by atoms with van der Waals surface area (Å²) in [5.74, 6) is 0. The van der Waals surface area contributed by atoms with E-state index >= 15 is 0 Å². The number of fused-ring (bicyclic) bond motifs is 1. The molecule has 3 N–H and O–H groups in total. The van der Waals surface area contributed by atoms with Crippen molar-refractivity contribution in [2.24, 2.45) is 0 Å². The molecular formula is C6H7N3S2. The molecular weight excluding hydrogens is 178 g/mol. The van der Waals surface area contributed by atoms with Gasteiger partial charge in [0.05, 0.1) is 9.70 Å². The molecule has 0 bridgehead atoms. The van der Waals surface area contributed by atoms with E-state index in [-0.39, 0.29) is 0 Å². The molecule has 0 saturated carbocycles. The van der Waals surface area contributed by atoms with E-state index in [2.05, 4.69) is 16.4 Å². The molecule has 0 saturated heterocycles. The summed E-state index contributed by atoms with van der Waals surface area (Å²) in [6.07, 6.45) is 0. The van der Waals surface area contributed by atoms with Crippen molar-refractivity contribution in [1.29, 1.82) is 0 Å². The summed E-state index contributed by atoms with van der Waals surface area (Å²) in [5.41, 5.74) is 5.52. The van der Waals surface area contributed by atoms with E-state index in [0.29, 0.717) is 5.13 Å². The van der Waals surface area contributed by atoms with Crippen molar-refractivity contribution in [3.63, 3.8) is 0 Å². The van der Waals surface area contributed by atoms with Gasteiger partial charge in [0, 0.05) is 7.05 Å². The van der Waals surface area contributed by atoms with Gasteiger partial charge >= 0.3 is 0 Å². The summed E-state index contributed by atoms with van der Waals surface area (Å²) in [7, 11) is 1.90. The van der Waals surface area contributed by atoms with Crippen molar-refractivity contribution in [1.82, 2.24) is 4.98 Å². The second-order valence-electron chi connectivity index (χ2n) is 2.08. The van der Waals surface area contributed by atoms with Crippen LogP contribution in [0.1, 0.15) is 0 Å². The van der Waals surface area contributed by atoms with Crippen LogP contribution >= 0.6 is 22.7 Å². The number of nitrogens with two attached hydrogens (primary N) is 1. The first-order valence-electron chi connectivity index (χ1n) is 3.13. The van der Waals surface area contributed by atoms with Crippen LogP contribution in [0.15, 0.2) is 6.07 Å². The maximum absolute atomic E-state index is 5.52. The summed E-state index contributed by atoms with van der Waals surface area (Å²) < 4.78 is 1.16. The molecule has 0 spiro atoms. The molecule has 0 aliphatic rings. The zero-order chi connectivity index (χ0) is 7.84. The number of anilines is 2. The van der Waals surface area contributed by atoms with E-state index in [1.54, 1.807) is 11.3 Å². The number of hydrogen-bond donors (Lipinski definition) is 2. The Morgan fingerprint density at radius 1 is 1.55 bits per heavy atom. The van der Waals surface area contributed by atoms with Gasteiger partial charge in [-0.3, -0.25) is 0 Å². The average Bonchev–Trinajstić information content (AvgIpc) is 2.43. The van der Waals surface area contributed by atoms with Gasteiger partial charge < -0.3 is 11.1 Å². The maximum Gasteiger partial charge on any atom is 0.181 e. The fraction of sp³-hybridized carbons (Fsp3) is 0.167. The third-order valence-electron chi connectivity index (χ3n) is 1.35. The SMILES string of the molecule is CNc1cc2sc(N)nc2s1. The van der Waals surface area contributed by atoms with Crippen LogP contribution in [0, 0.1) is 0 Å². The minimum absolute atomic E-state index is 0.647. The number of thiazole rings is 1. The molecule has 0 radical (unpaired) electrons. The van der Waals surface area contributed by atoms with Gasteiger partial charge in [-0.2, -0.15) is 0 Å². The molecule has 3 nitrogen and oxygen atoms in total. The number of hydrogen-bond acceptors (Lipinski definition) is 5. The molecule has 0 aliphatic carbocycles. The second-order valence-corrected chi connectivity index (χ2v) is 4.18. The standard InChI is InChI=1S/C6H7N3S2/c1-8-4-2-3-5(11-4)9-6(7)10-3/h2,8H,1H3,(H2,7,9). The Hall–Kier alpha value is -0.810. The Kier molecular flexibility index (Phi) is 1.47. The van der Waals surface area contributed by atoms with Crippen LogP contribution in [0.25, 0.3) is 9.53 Å². The minimum Gasteiger partial charge on any atom is -0.380 e. The lowest BCUT2D eigenvalue weighted by Crippen LogP contribution is -1.81. The Morgan fingerprint density at radius 2 is 2.36 bits per heavy atom. The van der Waals surface area contributed by atoms with Crippen molar-refractivity contribution in [2.75, 3.05) is 18.1 Å². The van der Waals surface area contributed by atoms with Gasteiger partial charge in [-0.05, 0) is 6.07 Å². The molecule has 2 heterocycles.